The van der Waals surface area contributed by atoms with E-state index in [1.807, 2.05) is 49.4 Å². The lowest BCUT2D eigenvalue weighted by atomic mass is 10.2. The molecule has 4 nitrogen and oxygen atoms in total. The fraction of sp³-hybridized carbons (Fsp3) is 0.294. The highest BCUT2D eigenvalue weighted by molar-refractivity contribution is 5.40. The van der Waals surface area contributed by atoms with E-state index in [4.69, 9.17) is 19.9 Å². The van der Waals surface area contributed by atoms with Gasteiger partial charge in [0.15, 0.2) is 0 Å². The van der Waals surface area contributed by atoms with Gasteiger partial charge in [-0.25, -0.2) is 0 Å². The summed E-state index contributed by atoms with van der Waals surface area (Å²) in [5, 5.41) is 0. The molecule has 0 aliphatic heterocycles. The van der Waals surface area contributed by atoms with Gasteiger partial charge in [0, 0.05) is 18.2 Å². The van der Waals surface area contributed by atoms with E-state index in [1.54, 1.807) is 7.11 Å². The molecule has 0 radical (unpaired) electrons. The average molecular weight is 287 g/mol. The highest BCUT2D eigenvalue weighted by Crippen LogP contribution is 2.24. The van der Waals surface area contributed by atoms with Gasteiger partial charge in [-0.3, -0.25) is 0 Å². The lowest BCUT2D eigenvalue weighted by Crippen LogP contribution is -2.11. The van der Waals surface area contributed by atoms with E-state index in [-0.39, 0.29) is 0 Å². The van der Waals surface area contributed by atoms with Crippen LogP contribution in [0.15, 0.2) is 42.5 Å². The Balaban J connectivity index is 1.90. The van der Waals surface area contributed by atoms with Gasteiger partial charge in [0.25, 0.3) is 0 Å². The van der Waals surface area contributed by atoms with E-state index in [0.29, 0.717) is 19.8 Å². The molecule has 4 heteroatoms. The molecular weight excluding hydrogens is 266 g/mol. The molecule has 112 valence electrons. The molecule has 0 heterocycles. The summed E-state index contributed by atoms with van der Waals surface area (Å²) in [4.78, 5) is 0. The minimum absolute atomic E-state index is 0.429. The van der Waals surface area contributed by atoms with Crippen LogP contribution < -0.4 is 19.9 Å². The van der Waals surface area contributed by atoms with Crippen molar-refractivity contribution in [3.05, 3.63) is 53.6 Å². The first-order valence-corrected chi connectivity index (χ1v) is 6.93. The van der Waals surface area contributed by atoms with Crippen molar-refractivity contribution >= 4 is 0 Å². The molecule has 2 aromatic rings. The van der Waals surface area contributed by atoms with Gasteiger partial charge >= 0.3 is 0 Å². The minimum atomic E-state index is 0.429. The maximum Gasteiger partial charge on any atom is 0.127 e. The van der Waals surface area contributed by atoms with Gasteiger partial charge in [0.05, 0.1) is 7.11 Å². The molecule has 21 heavy (non-hydrogen) atoms. The second kappa shape index (κ2) is 7.55. The summed E-state index contributed by atoms with van der Waals surface area (Å²) in [5.41, 5.74) is 7.77. The zero-order chi connectivity index (χ0) is 15.1. The van der Waals surface area contributed by atoms with Gasteiger partial charge in [0.2, 0.25) is 0 Å². The lowest BCUT2D eigenvalue weighted by molar-refractivity contribution is 0.214. The molecule has 0 aliphatic carbocycles. The Hall–Kier alpha value is -2.20. The van der Waals surface area contributed by atoms with Crippen LogP contribution in [0.2, 0.25) is 0 Å². The van der Waals surface area contributed by atoms with Crippen molar-refractivity contribution in [3.8, 4) is 17.2 Å². The second-order valence-electron chi connectivity index (χ2n) is 4.64. The van der Waals surface area contributed by atoms with Crippen LogP contribution in [0.3, 0.4) is 0 Å². The number of benzene rings is 2. The summed E-state index contributed by atoms with van der Waals surface area (Å²) in [7, 11) is 1.63. The van der Waals surface area contributed by atoms with E-state index in [2.05, 4.69) is 0 Å². The van der Waals surface area contributed by atoms with Crippen LogP contribution in [0.25, 0.3) is 0 Å². The number of para-hydroxylation sites is 1. The molecule has 2 aromatic carbocycles. The molecule has 0 aromatic heterocycles. The van der Waals surface area contributed by atoms with Crippen molar-refractivity contribution in [3.63, 3.8) is 0 Å². The quantitative estimate of drug-likeness (QED) is 0.796. The first-order valence-electron chi connectivity index (χ1n) is 6.93. The normalized spacial score (nSPS) is 10.2. The number of rotatable bonds is 7. The standard InChI is InChI=1S/C17H21NO3/c1-13-5-3-4-6-16(13)20-9-10-21-17-11-15(19-2)8-7-14(17)12-18/h3-8,11H,9-10,12,18H2,1-2H3. The topological polar surface area (TPSA) is 53.7 Å². The largest absolute Gasteiger partial charge is 0.497 e. The number of methoxy groups -OCH3 is 1. The van der Waals surface area contributed by atoms with Gasteiger partial charge in [-0.15, -0.1) is 0 Å². The molecule has 0 bridgehead atoms. The van der Waals surface area contributed by atoms with Crippen LogP contribution in [0.4, 0.5) is 0 Å². The Kier molecular flexibility index (Phi) is 5.46. The Morgan fingerprint density at radius 1 is 0.952 bits per heavy atom. The fourth-order valence-electron chi connectivity index (χ4n) is 1.99. The fourth-order valence-corrected chi connectivity index (χ4v) is 1.99. The van der Waals surface area contributed by atoms with Crippen molar-refractivity contribution in [2.24, 2.45) is 5.73 Å². The summed E-state index contributed by atoms with van der Waals surface area (Å²) in [6.07, 6.45) is 0. The van der Waals surface area contributed by atoms with Crippen LogP contribution in [0.1, 0.15) is 11.1 Å². The molecule has 0 amide bonds. The third kappa shape index (κ3) is 4.13. The maximum atomic E-state index is 5.75. The van der Waals surface area contributed by atoms with Crippen LogP contribution in [0, 0.1) is 6.92 Å². The van der Waals surface area contributed by atoms with E-state index in [0.717, 1.165) is 28.4 Å². The maximum absolute atomic E-state index is 5.75. The van der Waals surface area contributed by atoms with Crippen LogP contribution in [-0.4, -0.2) is 20.3 Å². The molecule has 0 saturated carbocycles. The van der Waals surface area contributed by atoms with Crippen LogP contribution in [-0.2, 0) is 6.54 Å². The molecule has 0 fully saturated rings. The van der Waals surface area contributed by atoms with E-state index in [1.165, 1.54) is 0 Å². The molecule has 2 N–H and O–H groups in total. The number of hydrogen-bond acceptors (Lipinski definition) is 4. The van der Waals surface area contributed by atoms with Crippen molar-refractivity contribution in [2.45, 2.75) is 13.5 Å². The molecule has 0 spiro atoms. The number of hydrogen-bond donors (Lipinski definition) is 1. The first kappa shape index (κ1) is 15.2. The van der Waals surface area contributed by atoms with Crippen molar-refractivity contribution in [1.29, 1.82) is 0 Å². The van der Waals surface area contributed by atoms with Crippen LogP contribution in [0.5, 0.6) is 17.2 Å². The van der Waals surface area contributed by atoms with Crippen molar-refractivity contribution in [1.82, 2.24) is 0 Å². The average Bonchev–Trinajstić information content (AvgIpc) is 2.52. The van der Waals surface area contributed by atoms with Gasteiger partial charge in [-0.2, -0.15) is 0 Å². The first-order chi connectivity index (χ1) is 10.2. The van der Waals surface area contributed by atoms with Crippen molar-refractivity contribution in [2.75, 3.05) is 20.3 Å². The number of ether oxygens (including phenoxy) is 3. The monoisotopic (exact) mass is 287 g/mol. The van der Waals surface area contributed by atoms with Gasteiger partial charge in [0.1, 0.15) is 30.5 Å². The van der Waals surface area contributed by atoms with Gasteiger partial charge in [-0.1, -0.05) is 24.3 Å². The molecule has 2 rings (SSSR count). The van der Waals surface area contributed by atoms with E-state index < -0.39 is 0 Å². The predicted octanol–water partition coefficient (Wildman–Crippen LogP) is 2.92. The molecule has 0 aliphatic rings. The zero-order valence-electron chi connectivity index (χ0n) is 12.5. The second-order valence-corrected chi connectivity index (χ2v) is 4.64. The lowest BCUT2D eigenvalue weighted by Gasteiger charge is -2.13. The van der Waals surface area contributed by atoms with Gasteiger partial charge in [-0.05, 0) is 24.6 Å². The Morgan fingerprint density at radius 3 is 2.33 bits per heavy atom. The zero-order valence-corrected chi connectivity index (χ0v) is 12.5. The van der Waals surface area contributed by atoms with Gasteiger partial charge < -0.3 is 19.9 Å². The Bertz CT molecular complexity index is 584. The number of aryl methyl sites for hydroxylation is 1. The Labute approximate surface area is 125 Å². The summed E-state index contributed by atoms with van der Waals surface area (Å²) < 4.78 is 16.6. The smallest absolute Gasteiger partial charge is 0.127 e. The third-order valence-corrected chi connectivity index (χ3v) is 3.19. The summed E-state index contributed by atoms with van der Waals surface area (Å²) in [6.45, 7) is 3.38. The highest BCUT2D eigenvalue weighted by Gasteiger charge is 2.05. The van der Waals surface area contributed by atoms with Crippen molar-refractivity contribution < 1.29 is 14.2 Å². The molecule has 0 saturated heterocycles. The SMILES string of the molecule is COc1ccc(CN)c(OCCOc2ccccc2C)c1. The summed E-state index contributed by atoms with van der Waals surface area (Å²) >= 11 is 0. The third-order valence-electron chi connectivity index (χ3n) is 3.19. The van der Waals surface area contributed by atoms with E-state index in [9.17, 15) is 0 Å². The summed E-state index contributed by atoms with van der Waals surface area (Å²) in [6, 6.07) is 13.5. The molecule has 0 unspecified atom stereocenters. The molecular formula is C17H21NO3. The van der Waals surface area contributed by atoms with E-state index >= 15 is 0 Å². The minimum Gasteiger partial charge on any atom is -0.497 e. The van der Waals surface area contributed by atoms with Crippen LogP contribution >= 0.6 is 0 Å². The Morgan fingerprint density at radius 2 is 1.67 bits per heavy atom. The number of nitrogens with two attached hydrogens (primary N) is 1. The predicted molar refractivity (Wildman–Crippen MR) is 83.1 cm³/mol. The summed E-state index contributed by atoms with van der Waals surface area (Å²) in [5.74, 6) is 2.37. The molecule has 0 atom stereocenters. The highest BCUT2D eigenvalue weighted by atomic mass is 16.5.